The zero-order valence-electron chi connectivity index (χ0n) is 25.6. The molecule has 0 spiro atoms. The maximum atomic E-state index is 12.9. The zero-order chi connectivity index (χ0) is 30.6. The highest BCUT2D eigenvalue weighted by Crippen LogP contribution is 2.34. The lowest BCUT2D eigenvalue weighted by Crippen LogP contribution is -2.37. The Kier molecular flexibility index (Phi) is 12.1. The van der Waals surface area contributed by atoms with Gasteiger partial charge >= 0.3 is 6.03 Å². The molecule has 4 rings (SSSR count). The van der Waals surface area contributed by atoms with Crippen molar-refractivity contribution >= 4 is 39.7 Å². The molecule has 3 amide bonds. The van der Waals surface area contributed by atoms with Gasteiger partial charge in [-0.3, -0.25) is 15.0 Å². The Morgan fingerprint density at radius 3 is 2.53 bits per heavy atom. The van der Waals surface area contributed by atoms with Gasteiger partial charge < -0.3 is 20.1 Å². The van der Waals surface area contributed by atoms with Crippen LogP contribution in [0.2, 0.25) is 0 Å². The highest BCUT2D eigenvalue weighted by molar-refractivity contribution is 7.17. The summed E-state index contributed by atoms with van der Waals surface area (Å²) in [6.45, 7) is 9.82. The SMILES string of the molecule is CCCCN1CC=C(c2ccc(C(=O)Nc3ncc(Oc4ccc(NC(=O)NC(CC)CC)cc4COC)s3)cc2)CC1. The lowest BCUT2D eigenvalue weighted by Gasteiger charge is -2.26. The summed E-state index contributed by atoms with van der Waals surface area (Å²) in [5.74, 6) is 0.355. The molecule has 1 aliphatic heterocycles. The van der Waals surface area contributed by atoms with Crippen molar-refractivity contribution in [2.45, 2.75) is 65.5 Å². The highest BCUT2D eigenvalue weighted by atomic mass is 32.1. The summed E-state index contributed by atoms with van der Waals surface area (Å²) in [4.78, 5) is 32.1. The summed E-state index contributed by atoms with van der Waals surface area (Å²) in [5.41, 5.74) is 4.48. The molecule has 3 N–H and O–H groups in total. The number of aromatic nitrogens is 1. The van der Waals surface area contributed by atoms with E-state index in [4.69, 9.17) is 9.47 Å². The van der Waals surface area contributed by atoms with Crippen molar-refractivity contribution in [2.75, 3.05) is 37.4 Å². The van der Waals surface area contributed by atoms with Crippen molar-refractivity contribution < 1.29 is 19.1 Å². The van der Waals surface area contributed by atoms with Crippen molar-refractivity contribution in [3.05, 3.63) is 71.4 Å². The van der Waals surface area contributed by atoms with Gasteiger partial charge in [0.05, 0.1) is 12.8 Å². The third-order valence-corrected chi connectivity index (χ3v) is 8.28. The first-order valence-corrected chi connectivity index (χ1v) is 15.9. The number of hydrogen-bond donors (Lipinski definition) is 3. The number of benzene rings is 2. The molecule has 3 aromatic rings. The Hall–Kier alpha value is -3.73. The van der Waals surface area contributed by atoms with Crippen LogP contribution in [0.3, 0.4) is 0 Å². The molecule has 9 nitrogen and oxygen atoms in total. The molecule has 0 saturated carbocycles. The maximum Gasteiger partial charge on any atom is 0.319 e. The molecule has 0 atom stereocenters. The fourth-order valence-electron chi connectivity index (χ4n) is 4.91. The molecule has 0 radical (unpaired) electrons. The molecule has 0 unspecified atom stereocenters. The Balaban J connectivity index is 1.34. The Morgan fingerprint density at radius 2 is 1.86 bits per heavy atom. The topological polar surface area (TPSA) is 105 Å². The Labute approximate surface area is 258 Å². The predicted molar refractivity (Wildman–Crippen MR) is 174 cm³/mol. The molecule has 230 valence electrons. The molecule has 0 aliphatic carbocycles. The van der Waals surface area contributed by atoms with Gasteiger partial charge in [-0.2, -0.15) is 0 Å². The van der Waals surface area contributed by atoms with Gasteiger partial charge in [-0.1, -0.05) is 56.7 Å². The van der Waals surface area contributed by atoms with Crippen LogP contribution in [-0.4, -0.2) is 54.6 Å². The van der Waals surface area contributed by atoms with E-state index < -0.39 is 0 Å². The average Bonchev–Trinajstić information content (AvgIpc) is 3.47. The standard InChI is InChI=1S/C33H43N5O4S/c1-5-8-17-38-18-15-24(16-19-38)23-9-11-25(12-10-23)31(39)37-33-34-21-30(43-33)42-29-14-13-28(20-26(29)22-41-4)36-32(40)35-27(6-2)7-3/h9-15,20-21,27H,5-8,16-19,22H2,1-4H3,(H,34,37,39)(H2,35,36,40). The summed E-state index contributed by atoms with van der Waals surface area (Å²) in [6.07, 6.45) is 9.09. The lowest BCUT2D eigenvalue weighted by molar-refractivity contribution is 0.102. The molecule has 2 aromatic carbocycles. The summed E-state index contributed by atoms with van der Waals surface area (Å²) < 4.78 is 11.4. The Morgan fingerprint density at radius 1 is 1.07 bits per heavy atom. The van der Waals surface area contributed by atoms with Crippen molar-refractivity contribution in [3.63, 3.8) is 0 Å². The minimum absolute atomic E-state index is 0.127. The summed E-state index contributed by atoms with van der Waals surface area (Å²) in [6, 6.07) is 13.0. The van der Waals surface area contributed by atoms with Gasteiger partial charge in [-0.15, -0.1) is 0 Å². The number of hydrogen-bond acceptors (Lipinski definition) is 7. The Bertz CT molecular complexity index is 1380. The largest absolute Gasteiger partial charge is 0.445 e. The second-order valence-electron chi connectivity index (χ2n) is 10.6. The van der Waals surface area contributed by atoms with E-state index in [-0.39, 0.29) is 18.0 Å². The molecule has 0 saturated heterocycles. The van der Waals surface area contributed by atoms with E-state index in [0.717, 1.165) is 50.0 Å². The van der Waals surface area contributed by atoms with Crippen LogP contribution < -0.4 is 20.7 Å². The van der Waals surface area contributed by atoms with Gasteiger partial charge in [0.2, 0.25) is 5.06 Å². The summed E-state index contributed by atoms with van der Waals surface area (Å²) in [7, 11) is 1.60. The first-order valence-electron chi connectivity index (χ1n) is 15.1. The van der Waals surface area contributed by atoms with Gasteiger partial charge in [0, 0.05) is 43.1 Å². The number of rotatable bonds is 14. The van der Waals surface area contributed by atoms with Crippen LogP contribution in [0.1, 0.15) is 74.4 Å². The molecule has 43 heavy (non-hydrogen) atoms. The highest BCUT2D eigenvalue weighted by Gasteiger charge is 2.16. The number of nitrogens with zero attached hydrogens (tertiary/aromatic N) is 2. The first kappa shape index (κ1) is 32.2. The van der Waals surface area contributed by atoms with Crippen LogP contribution in [0.4, 0.5) is 15.6 Å². The van der Waals surface area contributed by atoms with Gasteiger partial charge in [-0.05, 0) is 73.7 Å². The van der Waals surface area contributed by atoms with Crippen LogP contribution in [0.5, 0.6) is 10.8 Å². The van der Waals surface area contributed by atoms with E-state index in [1.165, 1.54) is 29.8 Å². The maximum absolute atomic E-state index is 12.9. The number of anilines is 2. The smallest absolute Gasteiger partial charge is 0.319 e. The number of amides is 3. The number of unbranched alkanes of at least 4 members (excludes halogenated alkanes) is 1. The van der Waals surface area contributed by atoms with Crippen molar-refractivity contribution in [1.82, 2.24) is 15.2 Å². The second-order valence-corrected chi connectivity index (χ2v) is 11.6. The van der Waals surface area contributed by atoms with E-state index in [1.807, 2.05) is 44.2 Å². The molecule has 1 aromatic heterocycles. The van der Waals surface area contributed by atoms with Gasteiger partial charge in [0.25, 0.3) is 5.91 Å². The number of methoxy groups -OCH3 is 1. The van der Waals surface area contributed by atoms with Crippen molar-refractivity contribution in [2.24, 2.45) is 0 Å². The summed E-state index contributed by atoms with van der Waals surface area (Å²) in [5, 5.41) is 9.68. The minimum Gasteiger partial charge on any atom is -0.445 e. The number of urea groups is 1. The lowest BCUT2D eigenvalue weighted by atomic mass is 9.98. The molecule has 10 heteroatoms. The number of carbonyl (C=O) groups is 2. The third-order valence-electron chi connectivity index (χ3n) is 7.49. The van der Waals surface area contributed by atoms with Crippen LogP contribution in [0.25, 0.3) is 5.57 Å². The molecule has 0 bridgehead atoms. The molecular formula is C33H43N5O4S. The third kappa shape index (κ3) is 9.38. The van der Waals surface area contributed by atoms with E-state index in [2.05, 4.69) is 38.8 Å². The van der Waals surface area contributed by atoms with Crippen molar-refractivity contribution in [3.8, 4) is 10.8 Å². The van der Waals surface area contributed by atoms with E-state index >= 15 is 0 Å². The zero-order valence-corrected chi connectivity index (χ0v) is 26.4. The van der Waals surface area contributed by atoms with Gasteiger partial charge in [0.1, 0.15) is 5.75 Å². The fourth-order valence-corrected chi connectivity index (χ4v) is 5.58. The van der Waals surface area contributed by atoms with E-state index in [0.29, 0.717) is 33.8 Å². The monoisotopic (exact) mass is 605 g/mol. The van der Waals surface area contributed by atoms with Crippen molar-refractivity contribution in [1.29, 1.82) is 0 Å². The van der Waals surface area contributed by atoms with E-state index in [9.17, 15) is 9.59 Å². The average molecular weight is 606 g/mol. The quantitative estimate of drug-likeness (QED) is 0.175. The first-order chi connectivity index (χ1) is 20.9. The van der Waals surface area contributed by atoms with Gasteiger partial charge in [0.15, 0.2) is 5.13 Å². The number of carbonyl (C=O) groups excluding carboxylic acids is 2. The number of ether oxygens (including phenoxy) is 2. The molecular weight excluding hydrogens is 562 g/mol. The van der Waals surface area contributed by atoms with Crippen LogP contribution in [-0.2, 0) is 11.3 Å². The van der Waals surface area contributed by atoms with Crippen LogP contribution in [0.15, 0.2) is 54.7 Å². The molecule has 2 heterocycles. The predicted octanol–water partition coefficient (Wildman–Crippen LogP) is 7.53. The normalized spacial score (nSPS) is 13.5. The number of nitrogens with one attached hydrogen (secondary N) is 3. The second kappa shape index (κ2) is 16.2. The molecule has 1 aliphatic rings. The molecule has 0 fully saturated rings. The van der Waals surface area contributed by atoms with Crippen LogP contribution >= 0.6 is 11.3 Å². The van der Waals surface area contributed by atoms with E-state index in [1.54, 1.807) is 25.4 Å². The van der Waals surface area contributed by atoms with Gasteiger partial charge in [-0.25, -0.2) is 9.78 Å². The van der Waals surface area contributed by atoms with Crippen LogP contribution in [0, 0.1) is 0 Å². The fraction of sp³-hybridized carbons (Fsp3) is 0.424. The minimum atomic E-state index is -0.247. The summed E-state index contributed by atoms with van der Waals surface area (Å²) >= 11 is 1.24. The number of thiazole rings is 1.